The summed E-state index contributed by atoms with van der Waals surface area (Å²) in [5.41, 5.74) is 0. The maximum atomic E-state index is 12.2. The highest BCUT2D eigenvalue weighted by Gasteiger charge is 2.49. The number of nitrogens with zero attached hydrogens (tertiary/aromatic N) is 2. The molecule has 2 fully saturated rings. The molecule has 1 aliphatic heterocycles. The number of unbranched alkanes of at least 4 members (excludes halogenated alkanes) is 1. The summed E-state index contributed by atoms with van der Waals surface area (Å²) in [5, 5.41) is 2.89. The largest absolute Gasteiger partial charge is 0.356 e. The minimum Gasteiger partial charge on any atom is -0.356 e. The number of rotatable bonds is 6. The van der Waals surface area contributed by atoms with Gasteiger partial charge in [-0.25, -0.2) is 0 Å². The summed E-state index contributed by atoms with van der Waals surface area (Å²) in [6.45, 7) is 5.13. The molecule has 6 heteroatoms. The fourth-order valence-corrected chi connectivity index (χ4v) is 2.56. The quantitative estimate of drug-likeness (QED) is 0.543. The lowest BCUT2D eigenvalue weighted by Gasteiger charge is -2.32. The highest BCUT2D eigenvalue weighted by atomic mass is 16.2. The third-order valence-corrected chi connectivity index (χ3v) is 4.05. The van der Waals surface area contributed by atoms with Crippen molar-refractivity contribution < 1.29 is 14.4 Å². The first-order valence-electron chi connectivity index (χ1n) is 7.43. The van der Waals surface area contributed by atoms with Crippen molar-refractivity contribution >= 4 is 18.2 Å². The smallest absolute Gasteiger partial charge is 0.226 e. The summed E-state index contributed by atoms with van der Waals surface area (Å²) >= 11 is 0. The lowest BCUT2D eigenvalue weighted by atomic mass is 10.2. The number of amides is 3. The monoisotopic (exact) mass is 281 g/mol. The molecule has 6 nitrogen and oxygen atoms in total. The van der Waals surface area contributed by atoms with Gasteiger partial charge in [0.15, 0.2) is 0 Å². The van der Waals surface area contributed by atoms with E-state index in [9.17, 15) is 14.4 Å². The van der Waals surface area contributed by atoms with E-state index in [0.29, 0.717) is 39.1 Å². The summed E-state index contributed by atoms with van der Waals surface area (Å²) in [6, 6.07) is 0. The molecule has 0 spiro atoms. The van der Waals surface area contributed by atoms with E-state index in [4.69, 9.17) is 0 Å². The molecule has 1 saturated heterocycles. The molecule has 1 N–H and O–H groups in total. The van der Waals surface area contributed by atoms with Crippen LogP contribution in [0.25, 0.3) is 0 Å². The van der Waals surface area contributed by atoms with Crippen LogP contribution < -0.4 is 5.32 Å². The van der Waals surface area contributed by atoms with Gasteiger partial charge in [-0.3, -0.25) is 14.4 Å². The molecule has 0 aromatic heterocycles. The van der Waals surface area contributed by atoms with Gasteiger partial charge in [0.25, 0.3) is 0 Å². The minimum absolute atomic E-state index is 0.0170. The molecule has 0 bridgehead atoms. The van der Waals surface area contributed by atoms with Crippen molar-refractivity contribution in [1.82, 2.24) is 15.1 Å². The lowest BCUT2D eigenvalue weighted by Crippen LogP contribution is -2.48. The number of carbonyl (C=O) groups is 3. The summed E-state index contributed by atoms with van der Waals surface area (Å²) in [5.74, 6) is -0.183. The summed E-state index contributed by atoms with van der Waals surface area (Å²) < 4.78 is 0. The SMILES string of the molecule is CCCCNC(=O)C1CC1C(=O)N1CCN(C=O)CC1. The van der Waals surface area contributed by atoms with Crippen LogP contribution in [0.2, 0.25) is 0 Å². The highest BCUT2D eigenvalue weighted by Crippen LogP contribution is 2.40. The molecule has 2 unspecified atom stereocenters. The first-order valence-corrected chi connectivity index (χ1v) is 7.43. The molecule has 0 aromatic rings. The average molecular weight is 281 g/mol. The predicted octanol–water partition coefficient (Wildman–Crippen LogP) is -0.161. The van der Waals surface area contributed by atoms with Gasteiger partial charge >= 0.3 is 0 Å². The second-order valence-corrected chi connectivity index (χ2v) is 5.56. The zero-order chi connectivity index (χ0) is 14.5. The Labute approximate surface area is 119 Å². The third kappa shape index (κ3) is 3.49. The molecule has 2 rings (SSSR count). The van der Waals surface area contributed by atoms with Crippen LogP contribution in [0.3, 0.4) is 0 Å². The van der Waals surface area contributed by atoms with E-state index in [-0.39, 0.29) is 23.7 Å². The molecule has 1 heterocycles. The fourth-order valence-electron chi connectivity index (χ4n) is 2.56. The van der Waals surface area contributed by atoms with Gasteiger partial charge in [-0.15, -0.1) is 0 Å². The Bertz CT molecular complexity index is 378. The summed E-state index contributed by atoms with van der Waals surface area (Å²) in [6.07, 6.45) is 3.52. The van der Waals surface area contributed by atoms with Gasteiger partial charge in [0.2, 0.25) is 18.2 Å². The van der Waals surface area contributed by atoms with Gasteiger partial charge in [-0.05, 0) is 12.8 Å². The van der Waals surface area contributed by atoms with E-state index in [2.05, 4.69) is 12.2 Å². The molecule has 3 amide bonds. The Morgan fingerprint density at radius 3 is 2.50 bits per heavy atom. The topological polar surface area (TPSA) is 69.7 Å². The predicted molar refractivity (Wildman–Crippen MR) is 73.7 cm³/mol. The van der Waals surface area contributed by atoms with Crippen LogP contribution in [-0.2, 0) is 14.4 Å². The van der Waals surface area contributed by atoms with Crippen LogP contribution >= 0.6 is 0 Å². The van der Waals surface area contributed by atoms with Crippen molar-refractivity contribution in [2.45, 2.75) is 26.2 Å². The molecular formula is C14H23N3O3. The number of carbonyl (C=O) groups excluding carboxylic acids is 3. The van der Waals surface area contributed by atoms with Crippen LogP contribution in [0.1, 0.15) is 26.2 Å². The second kappa shape index (κ2) is 6.72. The lowest BCUT2D eigenvalue weighted by molar-refractivity contribution is -0.137. The van der Waals surface area contributed by atoms with Crippen LogP contribution in [0.15, 0.2) is 0 Å². The fraction of sp³-hybridized carbons (Fsp3) is 0.786. The van der Waals surface area contributed by atoms with Crippen molar-refractivity contribution in [2.75, 3.05) is 32.7 Å². The Balaban J connectivity index is 1.73. The molecule has 1 saturated carbocycles. The van der Waals surface area contributed by atoms with Gasteiger partial charge in [0, 0.05) is 32.7 Å². The molecule has 112 valence electrons. The third-order valence-electron chi connectivity index (χ3n) is 4.05. The van der Waals surface area contributed by atoms with E-state index in [1.165, 1.54) is 0 Å². The van der Waals surface area contributed by atoms with Gasteiger partial charge < -0.3 is 15.1 Å². The zero-order valence-corrected chi connectivity index (χ0v) is 12.0. The molecule has 0 radical (unpaired) electrons. The normalized spacial score (nSPS) is 25.2. The van der Waals surface area contributed by atoms with Crippen LogP contribution in [0.4, 0.5) is 0 Å². The minimum atomic E-state index is -0.139. The maximum absolute atomic E-state index is 12.2. The Morgan fingerprint density at radius 1 is 1.20 bits per heavy atom. The van der Waals surface area contributed by atoms with E-state index >= 15 is 0 Å². The number of hydrogen-bond donors (Lipinski definition) is 1. The van der Waals surface area contributed by atoms with Gasteiger partial charge in [-0.1, -0.05) is 13.3 Å². The number of hydrogen-bond acceptors (Lipinski definition) is 3. The van der Waals surface area contributed by atoms with E-state index in [1.807, 2.05) is 0 Å². The average Bonchev–Trinajstić information content (AvgIpc) is 3.27. The molecule has 1 aliphatic carbocycles. The van der Waals surface area contributed by atoms with Crippen molar-refractivity contribution in [3.8, 4) is 0 Å². The van der Waals surface area contributed by atoms with Crippen molar-refractivity contribution in [1.29, 1.82) is 0 Å². The highest BCUT2D eigenvalue weighted by molar-refractivity contribution is 5.92. The second-order valence-electron chi connectivity index (χ2n) is 5.56. The first kappa shape index (κ1) is 14.8. The van der Waals surface area contributed by atoms with Crippen LogP contribution in [0.5, 0.6) is 0 Å². The van der Waals surface area contributed by atoms with Gasteiger partial charge in [0.05, 0.1) is 11.8 Å². The summed E-state index contributed by atoms with van der Waals surface area (Å²) in [4.78, 5) is 38.2. The molecule has 2 aliphatic rings. The Kier molecular flexibility index (Phi) is 4.98. The molecule has 20 heavy (non-hydrogen) atoms. The standard InChI is InChI=1S/C14H23N3O3/c1-2-3-4-15-13(19)11-9-12(11)14(20)17-7-5-16(10-18)6-8-17/h10-12H,2-9H2,1H3,(H,15,19). The van der Waals surface area contributed by atoms with Crippen LogP contribution in [0, 0.1) is 11.8 Å². The zero-order valence-electron chi connectivity index (χ0n) is 12.0. The van der Waals surface area contributed by atoms with E-state index in [1.54, 1.807) is 9.80 Å². The Morgan fingerprint density at radius 2 is 1.90 bits per heavy atom. The maximum Gasteiger partial charge on any atom is 0.226 e. The molecule has 2 atom stereocenters. The Hall–Kier alpha value is -1.59. The van der Waals surface area contributed by atoms with Crippen molar-refractivity contribution in [3.63, 3.8) is 0 Å². The van der Waals surface area contributed by atoms with E-state index < -0.39 is 0 Å². The van der Waals surface area contributed by atoms with Gasteiger partial charge in [-0.2, -0.15) is 0 Å². The summed E-state index contributed by atoms with van der Waals surface area (Å²) in [7, 11) is 0. The van der Waals surface area contributed by atoms with Crippen LogP contribution in [-0.4, -0.2) is 60.7 Å². The first-order chi connectivity index (χ1) is 9.67. The number of nitrogens with one attached hydrogen (secondary N) is 1. The van der Waals surface area contributed by atoms with Crippen molar-refractivity contribution in [3.05, 3.63) is 0 Å². The van der Waals surface area contributed by atoms with Gasteiger partial charge in [0.1, 0.15) is 0 Å². The number of piperazine rings is 1. The molecular weight excluding hydrogens is 258 g/mol. The molecule has 0 aromatic carbocycles. The van der Waals surface area contributed by atoms with Crippen molar-refractivity contribution in [2.24, 2.45) is 11.8 Å². The van der Waals surface area contributed by atoms with E-state index in [0.717, 1.165) is 19.3 Å².